The van der Waals surface area contributed by atoms with Gasteiger partial charge in [0.15, 0.2) is 0 Å². The van der Waals surface area contributed by atoms with Crippen molar-refractivity contribution in [1.29, 1.82) is 0 Å². The van der Waals surface area contributed by atoms with Crippen molar-refractivity contribution >= 4 is 23.5 Å². The molecule has 0 bridgehead atoms. The average molecular weight is 344 g/mol. The zero-order valence-corrected chi connectivity index (χ0v) is 14.3. The van der Waals surface area contributed by atoms with Crippen molar-refractivity contribution in [2.45, 2.75) is 13.1 Å². The molecule has 1 saturated heterocycles. The van der Waals surface area contributed by atoms with Crippen LogP contribution >= 0.6 is 12.1 Å². The molecular formula is C18H21FN4S. The van der Waals surface area contributed by atoms with E-state index in [1.807, 2.05) is 12.1 Å². The second-order valence-corrected chi connectivity index (χ2v) is 7.00. The lowest BCUT2D eigenvalue weighted by Gasteiger charge is -2.36. The highest BCUT2D eigenvalue weighted by atomic mass is 32.2. The Labute approximate surface area is 146 Å². The average Bonchev–Trinajstić information content (AvgIpc) is 2.64. The third kappa shape index (κ3) is 3.22. The monoisotopic (exact) mass is 344 g/mol. The van der Waals surface area contributed by atoms with Crippen LogP contribution in [0.15, 0.2) is 42.5 Å². The molecule has 2 aromatic carbocycles. The van der Waals surface area contributed by atoms with Gasteiger partial charge in [-0.2, -0.15) is 0 Å². The van der Waals surface area contributed by atoms with E-state index in [0.29, 0.717) is 0 Å². The lowest BCUT2D eigenvalue weighted by atomic mass is 10.1. The molecular weight excluding hydrogens is 323 g/mol. The number of piperazine rings is 1. The Balaban J connectivity index is 1.61. The number of fused-ring (bicyclic) bond motifs is 1. The number of benzene rings is 2. The van der Waals surface area contributed by atoms with Gasteiger partial charge in [0, 0.05) is 56.1 Å². The number of hydrogen-bond donors (Lipinski definition) is 2. The minimum Gasteiger partial charge on any atom is -0.369 e. The Morgan fingerprint density at radius 2 is 1.75 bits per heavy atom. The number of nitrogens with one attached hydrogen (secondary N) is 2. The predicted octanol–water partition coefficient (Wildman–Crippen LogP) is 2.91. The number of anilines is 2. The summed E-state index contributed by atoms with van der Waals surface area (Å²) in [5, 5.41) is 3.41. The van der Waals surface area contributed by atoms with Crippen LogP contribution in [-0.2, 0) is 13.1 Å². The molecule has 4 nitrogen and oxygen atoms in total. The number of rotatable bonds is 3. The van der Waals surface area contributed by atoms with Gasteiger partial charge in [0.2, 0.25) is 0 Å². The molecule has 24 heavy (non-hydrogen) atoms. The highest BCUT2D eigenvalue weighted by molar-refractivity contribution is 7.98. The molecule has 0 amide bonds. The number of halogens is 1. The first kappa shape index (κ1) is 15.7. The molecule has 1 fully saturated rings. The smallest absolute Gasteiger partial charge is 0.123 e. The molecule has 0 aliphatic carbocycles. The second-order valence-electron chi connectivity index (χ2n) is 6.09. The zero-order chi connectivity index (χ0) is 16.4. The molecule has 0 radical (unpaired) electrons. The van der Waals surface area contributed by atoms with Crippen LogP contribution in [0.2, 0.25) is 0 Å². The minimum absolute atomic E-state index is 0.190. The summed E-state index contributed by atoms with van der Waals surface area (Å²) >= 11 is 1.62. The fraction of sp³-hybridized carbons (Fsp3) is 0.333. The molecule has 2 aliphatic heterocycles. The maximum Gasteiger partial charge on any atom is 0.123 e. The summed E-state index contributed by atoms with van der Waals surface area (Å²) < 4.78 is 18.8. The van der Waals surface area contributed by atoms with Crippen molar-refractivity contribution in [3.05, 3.63) is 59.4 Å². The lowest BCUT2D eigenvalue weighted by molar-refractivity contribution is 0.587. The van der Waals surface area contributed by atoms with E-state index < -0.39 is 0 Å². The van der Waals surface area contributed by atoms with E-state index in [9.17, 15) is 4.39 Å². The third-order valence-electron chi connectivity index (χ3n) is 4.52. The van der Waals surface area contributed by atoms with Gasteiger partial charge in [0.1, 0.15) is 5.82 Å². The van der Waals surface area contributed by atoms with Crippen molar-refractivity contribution in [2.75, 3.05) is 35.4 Å². The predicted molar refractivity (Wildman–Crippen MR) is 98.5 cm³/mol. The zero-order valence-electron chi connectivity index (χ0n) is 13.5. The summed E-state index contributed by atoms with van der Waals surface area (Å²) in [7, 11) is 0. The SMILES string of the molecule is Fc1ccc(CN2SNCc3c(N4CCNCC4)cccc32)cc1. The van der Waals surface area contributed by atoms with Crippen LogP contribution in [0.4, 0.5) is 15.8 Å². The van der Waals surface area contributed by atoms with Gasteiger partial charge in [-0.1, -0.05) is 18.2 Å². The lowest BCUT2D eigenvalue weighted by Crippen LogP contribution is -2.44. The van der Waals surface area contributed by atoms with Crippen molar-refractivity contribution in [3.63, 3.8) is 0 Å². The van der Waals surface area contributed by atoms with E-state index in [0.717, 1.165) is 44.8 Å². The molecule has 2 heterocycles. The standard InChI is InChI=1S/C18H21FN4S/c19-15-6-4-14(5-7-15)13-23-18-3-1-2-17(16(18)12-21-24-23)22-10-8-20-9-11-22/h1-7,20-21H,8-13H2. The Bertz CT molecular complexity index is 701. The quantitative estimate of drug-likeness (QED) is 0.836. The van der Waals surface area contributed by atoms with Gasteiger partial charge < -0.3 is 10.2 Å². The fourth-order valence-corrected chi connectivity index (χ4v) is 4.13. The Morgan fingerprint density at radius 3 is 2.54 bits per heavy atom. The van der Waals surface area contributed by atoms with Crippen LogP contribution in [0.3, 0.4) is 0 Å². The van der Waals surface area contributed by atoms with Gasteiger partial charge in [-0.05, 0) is 29.8 Å². The van der Waals surface area contributed by atoms with Crippen LogP contribution < -0.4 is 19.2 Å². The minimum atomic E-state index is -0.190. The van der Waals surface area contributed by atoms with E-state index in [4.69, 9.17) is 0 Å². The second kappa shape index (κ2) is 7.01. The highest BCUT2D eigenvalue weighted by Gasteiger charge is 2.23. The maximum atomic E-state index is 13.1. The van der Waals surface area contributed by atoms with Crippen LogP contribution in [0, 0.1) is 5.82 Å². The summed E-state index contributed by atoms with van der Waals surface area (Å²) in [6.45, 7) is 5.76. The molecule has 0 unspecified atom stereocenters. The molecule has 4 rings (SSSR count). The van der Waals surface area contributed by atoms with Crippen molar-refractivity contribution in [3.8, 4) is 0 Å². The molecule has 2 aliphatic rings. The summed E-state index contributed by atoms with van der Waals surface area (Å²) in [5.41, 5.74) is 5.02. The first-order valence-corrected chi connectivity index (χ1v) is 9.08. The molecule has 2 aromatic rings. The molecule has 0 atom stereocenters. The topological polar surface area (TPSA) is 30.5 Å². The van der Waals surface area contributed by atoms with Crippen molar-refractivity contribution in [1.82, 2.24) is 10.0 Å². The summed E-state index contributed by atoms with van der Waals surface area (Å²) in [6, 6.07) is 13.3. The van der Waals surface area contributed by atoms with Crippen LogP contribution in [0.5, 0.6) is 0 Å². The van der Waals surface area contributed by atoms with Gasteiger partial charge in [-0.15, -0.1) is 0 Å². The van der Waals surface area contributed by atoms with E-state index in [-0.39, 0.29) is 5.82 Å². The summed E-state index contributed by atoms with van der Waals surface area (Å²) in [6.07, 6.45) is 0. The van der Waals surface area contributed by atoms with E-state index in [2.05, 4.69) is 37.4 Å². The Kier molecular flexibility index (Phi) is 4.60. The molecule has 0 saturated carbocycles. The summed E-state index contributed by atoms with van der Waals surface area (Å²) in [5.74, 6) is -0.190. The third-order valence-corrected chi connectivity index (χ3v) is 5.34. The van der Waals surface area contributed by atoms with E-state index >= 15 is 0 Å². The number of hydrogen-bond acceptors (Lipinski definition) is 5. The van der Waals surface area contributed by atoms with Crippen LogP contribution in [0.1, 0.15) is 11.1 Å². The first-order chi connectivity index (χ1) is 11.8. The normalized spacial score (nSPS) is 17.7. The van der Waals surface area contributed by atoms with Gasteiger partial charge >= 0.3 is 0 Å². The van der Waals surface area contributed by atoms with Gasteiger partial charge in [0.25, 0.3) is 0 Å². The maximum absolute atomic E-state index is 13.1. The van der Waals surface area contributed by atoms with Crippen molar-refractivity contribution in [2.24, 2.45) is 0 Å². The number of nitrogens with zero attached hydrogens (tertiary/aromatic N) is 2. The first-order valence-electron chi connectivity index (χ1n) is 8.30. The molecule has 126 valence electrons. The van der Waals surface area contributed by atoms with Gasteiger partial charge in [-0.25, -0.2) is 9.11 Å². The van der Waals surface area contributed by atoms with E-state index in [1.54, 1.807) is 12.1 Å². The van der Waals surface area contributed by atoms with Crippen LogP contribution in [-0.4, -0.2) is 26.2 Å². The van der Waals surface area contributed by atoms with E-state index in [1.165, 1.54) is 29.1 Å². The molecule has 6 heteroatoms. The molecule has 2 N–H and O–H groups in total. The summed E-state index contributed by atoms with van der Waals surface area (Å²) in [4.78, 5) is 2.46. The van der Waals surface area contributed by atoms with Crippen molar-refractivity contribution < 1.29 is 4.39 Å². The largest absolute Gasteiger partial charge is 0.369 e. The molecule has 0 aromatic heterocycles. The van der Waals surface area contributed by atoms with Gasteiger partial charge in [0.05, 0.1) is 12.2 Å². The molecule has 0 spiro atoms. The fourth-order valence-electron chi connectivity index (χ4n) is 3.28. The highest BCUT2D eigenvalue weighted by Crippen LogP contribution is 2.37. The van der Waals surface area contributed by atoms with Gasteiger partial charge in [-0.3, -0.25) is 4.31 Å². The van der Waals surface area contributed by atoms with Crippen LogP contribution in [0.25, 0.3) is 0 Å². The Morgan fingerprint density at radius 1 is 1.00 bits per heavy atom. The Hall–Kier alpha value is -1.76.